The van der Waals surface area contributed by atoms with Gasteiger partial charge in [0.05, 0.1) is 0 Å². The fourth-order valence-corrected chi connectivity index (χ4v) is 1.96. The Kier molecular flexibility index (Phi) is 3.78. The van der Waals surface area contributed by atoms with E-state index in [4.69, 9.17) is 11.6 Å². The van der Waals surface area contributed by atoms with Crippen LogP contribution < -0.4 is 5.32 Å². The molecule has 18 heavy (non-hydrogen) atoms. The van der Waals surface area contributed by atoms with Crippen LogP contribution >= 0.6 is 11.6 Å². The van der Waals surface area contributed by atoms with Crippen molar-refractivity contribution in [3.63, 3.8) is 0 Å². The van der Waals surface area contributed by atoms with Crippen molar-refractivity contribution in [1.82, 2.24) is 0 Å². The van der Waals surface area contributed by atoms with Crippen molar-refractivity contribution in [2.75, 3.05) is 5.32 Å². The van der Waals surface area contributed by atoms with Gasteiger partial charge in [0, 0.05) is 16.8 Å². The zero-order valence-electron chi connectivity index (χ0n) is 10.4. The number of hydrogen-bond donors (Lipinski definition) is 2. The van der Waals surface area contributed by atoms with E-state index in [9.17, 15) is 5.11 Å². The molecule has 0 saturated carbocycles. The van der Waals surface area contributed by atoms with E-state index >= 15 is 0 Å². The van der Waals surface area contributed by atoms with Crippen LogP contribution in [-0.4, -0.2) is 5.11 Å². The van der Waals surface area contributed by atoms with Gasteiger partial charge in [-0.15, -0.1) is 0 Å². The second-order valence-electron chi connectivity index (χ2n) is 4.42. The number of nitrogens with one attached hydrogen (secondary N) is 1. The van der Waals surface area contributed by atoms with E-state index in [1.165, 1.54) is 0 Å². The molecule has 2 rings (SSSR count). The van der Waals surface area contributed by atoms with Gasteiger partial charge in [0.1, 0.15) is 5.75 Å². The van der Waals surface area contributed by atoms with Gasteiger partial charge in [-0.2, -0.15) is 0 Å². The van der Waals surface area contributed by atoms with E-state index in [0.717, 1.165) is 21.8 Å². The van der Waals surface area contributed by atoms with Gasteiger partial charge in [0.2, 0.25) is 0 Å². The summed E-state index contributed by atoms with van der Waals surface area (Å²) in [5.41, 5.74) is 3.18. The standard InChI is InChI=1S/C15H16ClNO/c1-10-3-6-13(9-15(10)16)17-11(2)12-4-7-14(18)8-5-12/h3-9,11,17-18H,1-2H3. The molecule has 0 bridgehead atoms. The molecule has 1 atom stereocenters. The van der Waals surface area contributed by atoms with Crippen LogP contribution in [0.25, 0.3) is 0 Å². The highest BCUT2D eigenvalue weighted by Crippen LogP contribution is 2.24. The van der Waals surface area contributed by atoms with Gasteiger partial charge in [0.15, 0.2) is 0 Å². The first-order chi connectivity index (χ1) is 8.56. The molecule has 0 heterocycles. The van der Waals surface area contributed by atoms with Crippen molar-refractivity contribution in [2.24, 2.45) is 0 Å². The van der Waals surface area contributed by atoms with Gasteiger partial charge in [-0.05, 0) is 49.2 Å². The summed E-state index contributed by atoms with van der Waals surface area (Å²) in [5, 5.41) is 13.4. The summed E-state index contributed by atoms with van der Waals surface area (Å²) in [6.45, 7) is 4.05. The average molecular weight is 262 g/mol. The molecule has 2 N–H and O–H groups in total. The molecule has 0 saturated heterocycles. The summed E-state index contributed by atoms with van der Waals surface area (Å²) >= 11 is 6.09. The maximum atomic E-state index is 9.26. The minimum Gasteiger partial charge on any atom is -0.508 e. The third-order valence-electron chi connectivity index (χ3n) is 2.95. The molecule has 1 unspecified atom stereocenters. The Bertz CT molecular complexity index is 537. The monoisotopic (exact) mass is 261 g/mol. The molecule has 0 aromatic heterocycles. The molecular formula is C15H16ClNO. The third-order valence-corrected chi connectivity index (χ3v) is 3.36. The largest absolute Gasteiger partial charge is 0.508 e. The number of hydrogen-bond acceptors (Lipinski definition) is 2. The van der Waals surface area contributed by atoms with Crippen molar-refractivity contribution in [3.8, 4) is 5.75 Å². The van der Waals surface area contributed by atoms with Gasteiger partial charge in [-0.25, -0.2) is 0 Å². The van der Waals surface area contributed by atoms with Crippen molar-refractivity contribution < 1.29 is 5.11 Å². The Hall–Kier alpha value is -1.67. The molecule has 0 spiro atoms. The van der Waals surface area contributed by atoms with Gasteiger partial charge in [0.25, 0.3) is 0 Å². The molecular weight excluding hydrogens is 246 g/mol. The molecule has 2 nitrogen and oxygen atoms in total. The van der Waals surface area contributed by atoms with Crippen molar-refractivity contribution >= 4 is 17.3 Å². The normalized spacial score (nSPS) is 12.2. The lowest BCUT2D eigenvalue weighted by molar-refractivity contribution is 0.475. The average Bonchev–Trinajstić information content (AvgIpc) is 2.34. The van der Waals surface area contributed by atoms with Crippen LogP contribution in [0.4, 0.5) is 5.69 Å². The van der Waals surface area contributed by atoms with E-state index in [1.54, 1.807) is 12.1 Å². The summed E-state index contributed by atoms with van der Waals surface area (Å²) in [6.07, 6.45) is 0. The summed E-state index contributed by atoms with van der Waals surface area (Å²) in [7, 11) is 0. The van der Waals surface area contributed by atoms with Crippen molar-refractivity contribution in [3.05, 3.63) is 58.6 Å². The maximum Gasteiger partial charge on any atom is 0.115 e. The predicted octanol–water partition coefficient (Wildman–Crippen LogP) is 4.53. The highest BCUT2D eigenvalue weighted by atomic mass is 35.5. The van der Waals surface area contributed by atoms with Gasteiger partial charge in [-0.3, -0.25) is 0 Å². The number of phenolic OH excluding ortho intramolecular Hbond substituents is 1. The van der Waals surface area contributed by atoms with Crippen LogP contribution in [0.15, 0.2) is 42.5 Å². The number of rotatable bonds is 3. The van der Waals surface area contributed by atoms with Crippen LogP contribution in [0.5, 0.6) is 5.75 Å². The Balaban J connectivity index is 2.13. The SMILES string of the molecule is Cc1ccc(NC(C)c2ccc(O)cc2)cc1Cl. The molecule has 0 amide bonds. The number of benzene rings is 2. The Morgan fingerprint density at radius 1 is 1.11 bits per heavy atom. The molecule has 0 fully saturated rings. The molecule has 0 aliphatic rings. The summed E-state index contributed by atoms with van der Waals surface area (Å²) in [5.74, 6) is 0.282. The van der Waals surface area contributed by atoms with E-state index in [2.05, 4.69) is 12.2 Å². The summed E-state index contributed by atoms with van der Waals surface area (Å²) < 4.78 is 0. The number of aryl methyl sites for hydroxylation is 1. The predicted molar refractivity (Wildman–Crippen MR) is 76.3 cm³/mol. The lowest BCUT2D eigenvalue weighted by Crippen LogP contribution is -2.06. The fourth-order valence-electron chi connectivity index (χ4n) is 1.78. The lowest BCUT2D eigenvalue weighted by atomic mass is 10.1. The van der Waals surface area contributed by atoms with E-state index in [0.29, 0.717) is 0 Å². The minimum atomic E-state index is 0.157. The molecule has 94 valence electrons. The third kappa shape index (κ3) is 2.96. The van der Waals surface area contributed by atoms with E-state index in [-0.39, 0.29) is 11.8 Å². The number of halogens is 1. The first-order valence-corrected chi connectivity index (χ1v) is 6.25. The Labute approximate surface area is 112 Å². The second kappa shape index (κ2) is 5.32. The topological polar surface area (TPSA) is 32.3 Å². The Morgan fingerprint density at radius 3 is 2.39 bits per heavy atom. The molecule has 2 aromatic rings. The van der Waals surface area contributed by atoms with Crippen LogP contribution in [0.3, 0.4) is 0 Å². The maximum absolute atomic E-state index is 9.26. The molecule has 0 radical (unpaired) electrons. The number of anilines is 1. The highest BCUT2D eigenvalue weighted by molar-refractivity contribution is 6.31. The van der Waals surface area contributed by atoms with E-state index < -0.39 is 0 Å². The lowest BCUT2D eigenvalue weighted by Gasteiger charge is -2.16. The van der Waals surface area contributed by atoms with Crippen LogP contribution in [0.2, 0.25) is 5.02 Å². The number of aromatic hydroxyl groups is 1. The van der Waals surface area contributed by atoms with Crippen LogP contribution in [-0.2, 0) is 0 Å². The number of phenols is 1. The first kappa shape index (κ1) is 12.8. The zero-order chi connectivity index (χ0) is 13.1. The second-order valence-corrected chi connectivity index (χ2v) is 4.83. The van der Waals surface area contributed by atoms with Gasteiger partial charge < -0.3 is 10.4 Å². The highest BCUT2D eigenvalue weighted by Gasteiger charge is 2.06. The van der Waals surface area contributed by atoms with Gasteiger partial charge >= 0.3 is 0 Å². The fraction of sp³-hybridized carbons (Fsp3) is 0.200. The Morgan fingerprint density at radius 2 is 1.78 bits per heavy atom. The van der Waals surface area contributed by atoms with Crippen LogP contribution in [0.1, 0.15) is 24.1 Å². The van der Waals surface area contributed by atoms with Crippen molar-refractivity contribution in [2.45, 2.75) is 19.9 Å². The zero-order valence-corrected chi connectivity index (χ0v) is 11.2. The summed E-state index contributed by atoms with van der Waals surface area (Å²) in [6, 6.07) is 13.3. The summed E-state index contributed by atoms with van der Waals surface area (Å²) in [4.78, 5) is 0. The van der Waals surface area contributed by atoms with Crippen LogP contribution in [0, 0.1) is 6.92 Å². The first-order valence-electron chi connectivity index (χ1n) is 5.88. The molecule has 0 aliphatic heterocycles. The smallest absolute Gasteiger partial charge is 0.115 e. The molecule has 0 aliphatic carbocycles. The van der Waals surface area contributed by atoms with Gasteiger partial charge in [-0.1, -0.05) is 29.8 Å². The molecule has 3 heteroatoms. The van der Waals surface area contributed by atoms with Crippen molar-refractivity contribution in [1.29, 1.82) is 0 Å². The quantitative estimate of drug-likeness (QED) is 0.851. The molecule has 2 aromatic carbocycles. The van der Waals surface area contributed by atoms with E-state index in [1.807, 2.05) is 37.3 Å². The minimum absolute atomic E-state index is 0.157.